The van der Waals surface area contributed by atoms with Crippen molar-refractivity contribution in [3.63, 3.8) is 0 Å². The van der Waals surface area contributed by atoms with Crippen LogP contribution < -0.4 is 16.1 Å². The standard InChI is InChI=1S/C16H12F9N3O3/c17-13(18,14(19,20)15(21,22)16(23,24)25)6-5-8-1-3-9(4-2-8)7-31-12-27-10(29)26-11(30)28-12/h1-4H,5-7H2,(H2,26,27,28,29,30). The van der Waals surface area contributed by atoms with Crippen LogP contribution in [0.3, 0.4) is 0 Å². The number of alkyl halides is 9. The fraction of sp³-hybridized carbons (Fsp3) is 0.438. The first kappa shape index (κ1) is 24.3. The lowest BCUT2D eigenvalue weighted by atomic mass is 9.97. The average Bonchev–Trinajstić information content (AvgIpc) is 2.63. The number of hydrogen-bond donors (Lipinski definition) is 2. The number of H-pyrrole nitrogens is 2. The number of halogens is 9. The third kappa shape index (κ3) is 5.19. The number of nitrogens with one attached hydrogen (secondary N) is 2. The Hall–Kier alpha value is -3.00. The molecule has 0 aliphatic rings. The maximum Gasteiger partial charge on any atom is 0.460 e. The van der Waals surface area contributed by atoms with Crippen LogP contribution in [0.25, 0.3) is 0 Å². The molecule has 0 radical (unpaired) electrons. The van der Waals surface area contributed by atoms with Gasteiger partial charge in [0.15, 0.2) is 0 Å². The Morgan fingerprint density at radius 3 is 1.87 bits per heavy atom. The molecule has 0 fully saturated rings. The van der Waals surface area contributed by atoms with Crippen molar-refractivity contribution in [1.82, 2.24) is 15.0 Å². The van der Waals surface area contributed by atoms with Crippen LogP contribution in [-0.4, -0.2) is 38.9 Å². The maximum atomic E-state index is 13.6. The van der Waals surface area contributed by atoms with Gasteiger partial charge in [-0.3, -0.25) is 9.97 Å². The minimum Gasteiger partial charge on any atom is -0.460 e. The molecule has 6 nitrogen and oxygen atoms in total. The molecule has 31 heavy (non-hydrogen) atoms. The average molecular weight is 465 g/mol. The van der Waals surface area contributed by atoms with Gasteiger partial charge in [0, 0.05) is 6.42 Å². The number of nitrogens with zero attached hydrogens (tertiary/aromatic N) is 1. The Morgan fingerprint density at radius 2 is 1.35 bits per heavy atom. The number of aromatic nitrogens is 3. The first-order chi connectivity index (χ1) is 14.1. The van der Waals surface area contributed by atoms with E-state index in [0.29, 0.717) is 5.56 Å². The van der Waals surface area contributed by atoms with Crippen molar-refractivity contribution in [2.45, 2.75) is 43.4 Å². The van der Waals surface area contributed by atoms with Crippen LogP contribution in [-0.2, 0) is 13.0 Å². The van der Waals surface area contributed by atoms with E-state index in [-0.39, 0.29) is 12.2 Å². The number of ether oxygens (including phenoxy) is 1. The zero-order valence-electron chi connectivity index (χ0n) is 15.0. The molecule has 0 aliphatic heterocycles. The van der Waals surface area contributed by atoms with Crippen LogP contribution in [0.2, 0.25) is 0 Å². The van der Waals surface area contributed by atoms with E-state index in [2.05, 4.69) is 9.97 Å². The smallest absolute Gasteiger partial charge is 0.460 e. The minimum absolute atomic E-state index is 0.0581. The predicted molar refractivity (Wildman–Crippen MR) is 85.5 cm³/mol. The number of rotatable bonds is 8. The summed E-state index contributed by atoms with van der Waals surface area (Å²) in [6.07, 6.45) is -9.76. The third-order valence-electron chi connectivity index (χ3n) is 3.98. The summed E-state index contributed by atoms with van der Waals surface area (Å²) in [6.45, 7) is -0.265. The molecule has 2 rings (SSSR count). The Balaban J connectivity index is 2.02. The fourth-order valence-corrected chi connectivity index (χ4v) is 2.26. The highest BCUT2D eigenvalue weighted by Crippen LogP contribution is 2.54. The van der Waals surface area contributed by atoms with Gasteiger partial charge in [0.05, 0.1) is 0 Å². The molecule has 0 saturated heterocycles. The van der Waals surface area contributed by atoms with E-state index in [9.17, 15) is 49.1 Å². The van der Waals surface area contributed by atoms with Crippen molar-refractivity contribution in [2.24, 2.45) is 0 Å². The van der Waals surface area contributed by atoms with Crippen molar-refractivity contribution in [3.05, 3.63) is 56.4 Å². The van der Waals surface area contributed by atoms with Gasteiger partial charge in [0.2, 0.25) is 0 Å². The molecule has 0 amide bonds. The van der Waals surface area contributed by atoms with Gasteiger partial charge < -0.3 is 4.74 Å². The predicted octanol–water partition coefficient (Wildman–Crippen LogP) is 3.44. The Bertz CT molecular complexity index is 985. The molecular weight excluding hydrogens is 453 g/mol. The van der Waals surface area contributed by atoms with E-state index in [1.165, 1.54) is 12.1 Å². The molecule has 15 heteroatoms. The van der Waals surface area contributed by atoms with Gasteiger partial charge in [0.1, 0.15) is 6.61 Å². The highest BCUT2D eigenvalue weighted by Gasteiger charge is 2.81. The largest absolute Gasteiger partial charge is 0.460 e. The van der Waals surface area contributed by atoms with Crippen LogP contribution in [0.1, 0.15) is 17.5 Å². The Labute approximate surface area is 166 Å². The van der Waals surface area contributed by atoms with E-state index in [4.69, 9.17) is 4.74 Å². The zero-order valence-corrected chi connectivity index (χ0v) is 15.0. The van der Waals surface area contributed by atoms with Gasteiger partial charge in [-0.1, -0.05) is 24.3 Å². The van der Waals surface area contributed by atoms with Crippen LogP contribution >= 0.6 is 0 Å². The molecule has 172 valence electrons. The highest BCUT2D eigenvalue weighted by molar-refractivity contribution is 5.23. The lowest BCUT2D eigenvalue weighted by molar-refractivity contribution is -0.396. The molecule has 0 bridgehead atoms. The summed E-state index contributed by atoms with van der Waals surface area (Å²) in [5, 5.41) is 0. The van der Waals surface area contributed by atoms with Gasteiger partial charge >= 0.3 is 41.3 Å². The number of aryl methyl sites for hydroxylation is 1. The second kappa shape index (κ2) is 8.26. The van der Waals surface area contributed by atoms with Crippen molar-refractivity contribution in [1.29, 1.82) is 0 Å². The van der Waals surface area contributed by atoms with Gasteiger partial charge in [-0.2, -0.15) is 39.5 Å². The van der Waals surface area contributed by atoms with Crippen molar-refractivity contribution >= 4 is 0 Å². The second-order valence-electron chi connectivity index (χ2n) is 6.26. The SMILES string of the molecule is O=c1nc(OCc2ccc(CCC(F)(F)C(F)(F)C(F)(F)C(F)(F)F)cc2)[nH]c(=O)[nH]1. The Morgan fingerprint density at radius 1 is 0.806 bits per heavy atom. The lowest BCUT2D eigenvalue weighted by Crippen LogP contribution is -2.60. The van der Waals surface area contributed by atoms with Gasteiger partial charge in [0.25, 0.3) is 0 Å². The topological polar surface area (TPSA) is 87.8 Å². The van der Waals surface area contributed by atoms with Crippen molar-refractivity contribution in [3.8, 4) is 6.01 Å². The molecule has 0 unspecified atom stereocenters. The lowest BCUT2D eigenvalue weighted by Gasteiger charge is -2.33. The fourth-order valence-electron chi connectivity index (χ4n) is 2.26. The summed E-state index contributed by atoms with van der Waals surface area (Å²) in [5.74, 6) is -19.2. The molecule has 0 spiro atoms. The van der Waals surface area contributed by atoms with Gasteiger partial charge in [-0.05, 0) is 17.5 Å². The van der Waals surface area contributed by atoms with E-state index in [0.717, 1.165) is 12.1 Å². The molecule has 1 aromatic carbocycles. The number of benzene rings is 1. The first-order valence-electron chi connectivity index (χ1n) is 8.18. The summed E-state index contributed by atoms with van der Waals surface area (Å²) < 4.78 is 121. The minimum atomic E-state index is -6.92. The summed E-state index contributed by atoms with van der Waals surface area (Å²) >= 11 is 0. The quantitative estimate of drug-likeness (QED) is 0.585. The van der Waals surface area contributed by atoms with Crippen LogP contribution in [0, 0.1) is 0 Å². The van der Waals surface area contributed by atoms with Crippen molar-refractivity contribution in [2.75, 3.05) is 0 Å². The van der Waals surface area contributed by atoms with E-state index >= 15 is 0 Å². The van der Waals surface area contributed by atoms with Gasteiger partial charge in [-0.25, -0.2) is 9.59 Å². The van der Waals surface area contributed by atoms with Gasteiger partial charge in [-0.15, -0.1) is 4.98 Å². The molecule has 1 aromatic heterocycles. The molecule has 0 aliphatic carbocycles. The summed E-state index contributed by atoms with van der Waals surface area (Å²) in [5.41, 5.74) is -1.59. The summed E-state index contributed by atoms with van der Waals surface area (Å²) in [4.78, 5) is 29.2. The second-order valence-corrected chi connectivity index (χ2v) is 6.26. The summed E-state index contributed by atoms with van der Waals surface area (Å²) in [6, 6.07) is 4.33. The molecule has 1 heterocycles. The molecule has 2 aromatic rings. The number of aromatic amines is 2. The van der Waals surface area contributed by atoms with Crippen LogP contribution in [0.15, 0.2) is 33.9 Å². The summed E-state index contributed by atoms with van der Waals surface area (Å²) in [7, 11) is 0. The van der Waals surface area contributed by atoms with E-state index in [1.54, 1.807) is 4.98 Å². The molecule has 0 atom stereocenters. The third-order valence-corrected chi connectivity index (χ3v) is 3.98. The highest BCUT2D eigenvalue weighted by atomic mass is 19.4. The maximum absolute atomic E-state index is 13.6. The molecular formula is C16H12F9N3O3. The molecule has 2 N–H and O–H groups in total. The van der Waals surface area contributed by atoms with Crippen LogP contribution in [0.5, 0.6) is 6.01 Å². The number of hydrogen-bond acceptors (Lipinski definition) is 4. The first-order valence-corrected chi connectivity index (χ1v) is 8.18. The zero-order chi connectivity index (χ0) is 23.7. The van der Waals surface area contributed by atoms with Crippen LogP contribution in [0.4, 0.5) is 39.5 Å². The Kier molecular flexibility index (Phi) is 6.47. The van der Waals surface area contributed by atoms with E-state index in [1.807, 2.05) is 0 Å². The normalized spacial score (nSPS) is 13.3. The monoisotopic (exact) mass is 465 g/mol. The van der Waals surface area contributed by atoms with E-state index < -0.39 is 54.2 Å². The van der Waals surface area contributed by atoms with Crippen molar-refractivity contribution < 1.29 is 44.3 Å². The molecule has 0 saturated carbocycles.